The van der Waals surface area contributed by atoms with E-state index in [2.05, 4.69) is 165 Å². The Morgan fingerprint density at radius 3 is 1.92 bits per heavy atom. The first-order valence-corrected chi connectivity index (χ1v) is 18.3. The molecule has 12 rings (SSSR count). The smallest absolute Gasteiger partial charge is 0.0628 e. The van der Waals surface area contributed by atoms with E-state index in [1.165, 1.54) is 104 Å². The van der Waals surface area contributed by atoms with E-state index < -0.39 is 0 Å². The average molecular weight is 652 g/mol. The van der Waals surface area contributed by atoms with Crippen LogP contribution in [-0.2, 0) is 6.42 Å². The maximum atomic E-state index is 2.64. The Labute approximate surface area is 294 Å². The second kappa shape index (κ2) is 10.1. The van der Waals surface area contributed by atoms with E-state index >= 15 is 0 Å². The molecule has 51 heavy (non-hydrogen) atoms. The molecule has 0 amide bonds. The number of hydrogen-bond acceptors (Lipinski definition) is 0. The fourth-order valence-electron chi connectivity index (χ4n) is 9.69. The normalized spacial score (nSPS) is 15.1. The van der Waals surface area contributed by atoms with Crippen LogP contribution in [0.3, 0.4) is 0 Å². The third-order valence-electron chi connectivity index (χ3n) is 11.7. The van der Waals surface area contributed by atoms with Crippen LogP contribution in [-0.4, -0.2) is 13.5 Å². The molecule has 1 aliphatic carbocycles. The molecule has 4 heterocycles. The fourth-order valence-corrected chi connectivity index (χ4v) is 9.69. The van der Waals surface area contributed by atoms with Crippen LogP contribution in [0.1, 0.15) is 30.5 Å². The van der Waals surface area contributed by atoms with E-state index in [0.717, 1.165) is 25.7 Å². The van der Waals surface area contributed by atoms with Gasteiger partial charge in [-0.25, -0.2) is 0 Å². The Balaban J connectivity index is 1.29. The summed E-state index contributed by atoms with van der Waals surface area (Å²) in [7, 11) is 0. The number of aromatic nitrogens is 3. The Bertz CT molecular complexity index is 3240. The topological polar surface area (TPSA) is 14.3 Å². The van der Waals surface area contributed by atoms with Crippen molar-refractivity contribution in [3.63, 3.8) is 0 Å². The number of rotatable bonds is 2. The minimum absolute atomic E-state index is 1.02. The van der Waals surface area contributed by atoms with Crippen LogP contribution in [0.4, 0.5) is 0 Å². The van der Waals surface area contributed by atoms with Crippen molar-refractivity contribution < 1.29 is 0 Å². The fraction of sp³-hybridized carbons (Fsp3) is 0.0833. The monoisotopic (exact) mass is 651 g/mol. The van der Waals surface area contributed by atoms with E-state index in [9.17, 15) is 0 Å². The maximum absolute atomic E-state index is 2.64. The van der Waals surface area contributed by atoms with Crippen LogP contribution in [0.5, 0.6) is 0 Å². The quantitative estimate of drug-likeness (QED) is 0.177. The molecule has 240 valence electrons. The molecule has 0 fully saturated rings. The van der Waals surface area contributed by atoms with Gasteiger partial charge in [0.05, 0.1) is 33.1 Å². The van der Waals surface area contributed by atoms with Crippen LogP contribution in [0.2, 0.25) is 0 Å². The minimum atomic E-state index is 1.02. The van der Waals surface area contributed by atoms with Crippen molar-refractivity contribution in [2.75, 3.05) is 0 Å². The summed E-state index contributed by atoms with van der Waals surface area (Å²) in [6.45, 7) is 0. The molecule has 0 aliphatic heterocycles. The van der Waals surface area contributed by atoms with Gasteiger partial charge in [-0.15, -0.1) is 0 Å². The van der Waals surface area contributed by atoms with Crippen LogP contribution >= 0.6 is 0 Å². The lowest BCUT2D eigenvalue weighted by Gasteiger charge is -2.18. The Morgan fingerprint density at radius 1 is 0.412 bits per heavy atom. The van der Waals surface area contributed by atoms with Crippen molar-refractivity contribution >= 4 is 93.3 Å². The first-order valence-electron chi connectivity index (χ1n) is 18.3. The van der Waals surface area contributed by atoms with Crippen molar-refractivity contribution in [3.8, 4) is 5.69 Å². The zero-order chi connectivity index (χ0) is 33.2. The Kier molecular flexibility index (Phi) is 5.45. The number of fused-ring (bicyclic) bond motifs is 15. The molecule has 3 heteroatoms. The molecule has 7 aromatic carbocycles. The lowest BCUT2D eigenvalue weighted by Crippen LogP contribution is -2.05. The van der Waals surface area contributed by atoms with Crippen molar-refractivity contribution in [2.45, 2.75) is 25.7 Å². The molecule has 0 unspecified atom stereocenters. The highest BCUT2D eigenvalue weighted by molar-refractivity contribution is 6.38. The SMILES string of the molecule is C1=C(/n2c3ccc4ccccc4c3c3c4c5ccccc5n5c6ccccc6c(cc32)c45)CCCCc2c/1c1ccccc1n2-c1ccccc1. The van der Waals surface area contributed by atoms with Crippen LogP contribution in [0.15, 0.2) is 146 Å². The van der Waals surface area contributed by atoms with Gasteiger partial charge in [0, 0.05) is 60.3 Å². The van der Waals surface area contributed by atoms with Gasteiger partial charge in [-0.05, 0) is 85.0 Å². The summed E-state index contributed by atoms with van der Waals surface area (Å²) in [6, 6.07) is 54.1. The lowest BCUT2D eigenvalue weighted by atomic mass is 9.99. The molecule has 0 saturated heterocycles. The number of hydrogen-bond donors (Lipinski definition) is 0. The average Bonchev–Trinajstić information content (AvgIpc) is 3.89. The molecule has 4 aromatic heterocycles. The molecular weight excluding hydrogens is 619 g/mol. The van der Waals surface area contributed by atoms with E-state index in [0.29, 0.717) is 0 Å². The number of benzene rings is 7. The van der Waals surface area contributed by atoms with E-state index in [1.807, 2.05) is 0 Å². The molecule has 1 aliphatic rings. The summed E-state index contributed by atoms with van der Waals surface area (Å²) in [4.78, 5) is 0. The van der Waals surface area contributed by atoms with Crippen LogP contribution in [0.25, 0.3) is 99.0 Å². The number of nitrogens with zero attached hydrogens (tertiary/aromatic N) is 3. The summed E-state index contributed by atoms with van der Waals surface area (Å²) >= 11 is 0. The van der Waals surface area contributed by atoms with Crippen molar-refractivity contribution in [1.82, 2.24) is 13.5 Å². The Morgan fingerprint density at radius 2 is 1.08 bits per heavy atom. The molecule has 0 bridgehead atoms. The highest BCUT2D eigenvalue weighted by Crippen LogP contribution is 2.49. The molecule has 0 saturated carbocycles. The van der Waals surface area contributed by atoms with Gasteiger partial charge in [-0.3, -0.25) is 0 Å². The molecule has 0 spiro atoms. The molecule has 3 nitrogen and oxygen atoms in total. The van der Waals surface area contributed by atoms with Crippen LogP contribution < -0.4 is 0 Å². The van der Waals surface area contributed by atoms with Crippen molar-refractivity contribution in [3.05, 3.63) is 157 Å². The largest absolute Gasteiger partial charge is 0.313 e. The molecule has 11 aromatic rings. The highest BCUT2D eigenvalue weighted by atomic mass is 15.0. The standard InChI is InChI=1S/C48H33N3/c1-2-15-31(16-3-1)49-39-22-11-7-19-34(39)37-28-32(17-5-10-25-42(37)49)50-43-27-26-30-14-4-6-18-33(30)45(43)47-44(50)29-38-35-20-8-12-23-40(35)51-41-24-13-9-21-36(41)46(47)48(38)51/h1-4,6-9,11-16,18-24,26-29H,5,10,17,25H2/b32-28+. The number of allylic oxidation sites excluding steroid dienone is 1. The first kappa shape index (κ1) is 27.5. The van der Waals surface area contributed by atoms with E-state index in [-0.39, 0.29) is 0 Å². The summed E-state index contributed by atoms with van der Waals surface area (Å²) in [5.41, 5.74) is 13.1. The summed E-state index contributed by atoms with van der Waals surface area (Å²) < 4.78 is 7.67. The van der Waals surface area contributed by atoms with Gasteiger partial charge >= 0.3 is 0 Å². The highest BCUT2D eigenvalue weighted by Gasteiger charge is 2.26. The number of para-hydroxylation sites is 4. The van der Waals surface area contributed by atoms with E-state index in [4.69, 9.17) is 0 Å². The van der Waals surface area contributed by atoms with Crippen molar-refractivity contribution in [2.24, 2.45) is 0 Å². The zero-order valence-electron chi connectivity index (χ0n) is 28.1. The van der Waals surface area contributed by atoms with Crippen LogP contribution in [0, 0.1) is 0 Å². The van der Waals surface area contributed by atoms with Gasteiger partial charge in [-0.2, -0.15) is 0 Å². The molecular formula is C48H33N3. The second-order valence-electron chi connectivity index (χ2n) is 14.3. The summed E-state index contributed by atoms with van der Waals surface area (Å²) in [5, 5.41) is 11.9. The molecule has 0 atom stereocenters. The van der Waals surface area contributed by atoms with Gasteiger partial charge in [0.15, 0.2) is 0 Å². The molecule has 0 N–H and O–H groups in total. The van der Waals surface area contributed by atoms with Gasteiger partial charge in [0.2, 0.25) is 0 Å². The third-order valence-corrected chi connectivity index (χ3v) is 11.7. The maximum Gasteiger partial charge on any atom is 0.0628 e. The third kappa shape index (κ3) is 3.58. The van der Waals surface area contributed by atoms with Gasteiger partial charge in [-0.1, -0.05) is 103 Å². The molecule has 0 radical (unpaired) electrons. The van der Waals surface area contributed by atoms with Gasteiger partial charge in [0.25, 0.3) is 0 Å². The predicted octanol–water partition coefficient (Wildman–Crippen LogP) is 12.8. The Hall–Kier alpha value is -6.32. The zero-order valence-corrected chi connectivity index (χ0v) is 28.1. The summed E-state index contributed by atoms with van der Waals surface area (Å²) in [6.07, 6.45) is 6.89. The lowest BCUT2D eigenvalue weighted by molar-refractivity contribution is 0.719. The predicted molar refractivity (Wildman–Crippen MR) is 217 cm³/mol. The van der Waals surface area contributed by atoms with Crippen molar-refractivity contribution in [1.29, 1.82) is 0 Å². The minimum Gasteiger partial charge on any atom is -0.313 e. The summed E-state index contributed by atoms with van der Waals surface area (Å²) in [5.74, 6) is 0. The van der Waals surface area contributed by atoms with Gasteiger partial charge < -0.3 is 13.5 Å². The van der Waals surface area contributed by atoms with E-state index in [1.54, 1.807) is 0 Å². The second-order valence-corrected chi connectivity index (χ2v) is 14.3. The van der Waals surface area contributed by atoms with Gasteiger partial charge in [0.1, 0.15) is 0 Å². The first-order chi connectivity index (χ1) is 25.3.